The zero-order valence-corrected chi connectivity index (χ0v) is 15.2. The van der Waals surface area contributed by atoms with Crippen molar-refractivity contribution in [2.24, 2.45) is 5.41 Å². The molecule has 24 heavy (non-hydrogen) atoms. The minimum Gasteiger partial charge on any atom is -0.323 e. The van der Waals surface area contributed by atoms with Crippen LogP contribution in [0.5, 0.6) is 0 Å². The summed E-state index contributed by atoms with van der Waals surface area (Å²) in [4.78, 5) is 16.5. The van der Waals surface area contributed by atoms with E-state index in [0.717, 1.165) is 17.8 Å². The molecule has 2 heterocycles. The minimum atomic E-state index is -0.286. The number of likely N-dealkylation sites (tertiary alicyclic amines) is 1. The number of benzene rings is 1. The average Bonchev–Trinajstić information content (AvgIpc) is 3.01. The summed E-state index contributed by atoms with van der Waals surface area (Å²) in [5.41, 5.74) is 1.78. The largest absolute Gasteiger partial charge is 0.323 e. The van der Waals surface area contributed by atoms with Gasteiger partial charge in [-0.05, 0) is 46.9 Å². The molecule has 0 radical (unpaired) electrons. The Morgan fingerprint density at radius 2 is 1.79 bits per heavy atom. The lowest BCUT2D eigenvalue weighted by Gasteiger charge is -2.60. The first-order valence-corrected chi connectivity index (χ1v) is 8.33. The van der Waals surface area contributed by atoms with Gasteiger partial charge in [0.2, 0.25) is 5.91 Å². The van der Waals surface area contributed by atoms with Crippen LogP contribution in [0.2, 0.25) is 0 Å². The number of nitrogens with zero attached hydrogens (tertiary/aromatic N) is 4. The van der Waals surface area contributed by atoms with E-state index in [4.69, 9.17) is 0 Å². The predicted molar refractivity (Wildman–Crippen MR) is 94.6 cm³/mol. The molecule has 1 fully saturated rings. The molecule has 1 saturated heterocycles. The highest BCUT2D eigenvalue weighted by Gasteiger charge is 2.60. The Kier molecular flexibility index (Phi) is 4.00. The summed E-state index contributed by atoms with van der Waals surface area (Å²) in [6.07, 6.45) is 3.93. The molecule has 2 aromatic rings. The third-order valence-corrected chi connectivity index (χ3v) is 5.48. The molecule has 0 N–H and O–H groups in total. The van der Waals surface area contributed by atoms with E-state index in [1.54, 1.807) is 0 Å². The fourth-order valence-corrected chi connectivity index (χ4v) is 3.15. The van der Waals surface area contributed by atoms with E-state index in [1.807, 2.05) is 73.2 Å². The lowest BCUT2D eigenvalue weighted by Crippen LogP contribution is -2.74. The number of carbonyl (C=O) groups excluding carboxylic acids is 1. The van der Waals surface area contributed by atoms with Crippen LogP contribution in [0.4, 0.5) is 0 Å². The highest BCUT2D eigenvalue weighted by molar-refractivity contribution is 5.90. The van der Waals surface area contributed by atoms with Gasteiger partial charge in [0, 0.05) is 18.3 Å². The number of hydrogen-bond acceptors (Lipinski definition) is 3. The van der Waals surface area contributed by atoms with Gasteiger partial charge in [0.1, 0.15) is 0 Å². The molecule has 1 amide bonds. The van der Waals surface area contributed by atoms with Gasteiger partial charge in [-0.3, -0.25) is 9.69 Å². The normalized spacial score (nSPS) is 18.8. The number of aromatic nitrogens is 2. The van der Waals surface area contributed by atoms with Crippen LogP contribution in [0.25, 0.3) is 5.69 Å². The lowest BCUT2D eigenvalue weighted by molar-refractivity contribution is -0.188. The second-order valence-electron chi connectivity index (χ2n) is 7.70. The van der Waals surface area contributed by atoms with Crippen LogP contribution >= 0.6 is 0 Å². The maximum atomic E-state index is 12.4. The molecule has 1 aliphatic rings. The summed E-state index contributed by atoms with van der Waals surface area (Å²) in [5.74, 6) is 0.222. The van der Waals surface area contributed by atoms with E-state index in [9.17, 15) is 4.79 Å². The summed E-state index contributed by atoms with van der Waals surface area (Å²) in [5, 5.41) is 4.43. The van der Waals surface area contributed by atoms with Crippen LogP contribution in [-0.4, -0.2) is 44.7 Å². The Balaban J connectivity index is 1.63. The van der Waals surface area contributed by atoms with E-state index in [0.29, 0.717) is 6.67 Å². The van der Waals surface area contributed by atoms with Gasteiger partial charge in [-0.25, -0.2) is 4.68 Å². The first kappa shape index (κ1) is 16.7. The molecule has 3 rings (SSSR count). The summed E-state index contributed by atoms with van der Waals surface area (Å²) in [6.45, 7) is 9.70. The van der Waals surface area contributed by atoms with Crippen LogP contribution in [-0.2, 0) is 11.3 Å². The fourth-order valence-electron chi connectivity index (χ4n) is 3.15. The molecule has 0 unspecified atom stereocenters. The highest BCUT2D eigenvalue weighted by Crippen LogP contribution is 2.47. The van der Waals surface area contributed by atoms with E-state index in [2.05, 4.69) is 23.8 Å². The Labute approximate surface area is 143 Å². The van der Waals surface area contributed by atoms with Crippen molar-refractivity contribution >= 4 is 5.91 Å². The lowest BCUT2D eigenvalue weighted by atomic mass is 9.65. The fraction of sp³-hybridized carbons (Fsp3) is 0.474. The zero-order chi connectivity index (χ0) is 17.5. The highest BCUT2D eigenvalue weighted by atomic mass is 16.2. The number of β-lactam (4-membered cyclic amide) rings is 1. The van der Waals surface area contributed by atoms with E-state index in [-0.39, 0.29) is 16.9 Å². The molecule has 0 saturated carbocycles. The maximum Gasteiger partial charge on any atom is 0.232 e. The Morgan fingerprint density at radius 1 is 1.12 bits per heavy atom. The van der Waals surface area contributed by atoms with Gasteiger partial charge in [0.05, 0.1) is 29.5 Å². The third kappa shape index (κ3) is 2.63. The van der Waals surface area contributed by atoms with Gasteiger partial charge in [0.25, 0.3) is 0 Å². The molecule has 0 spiro atoms. The van der Waals surface area contributed by atoms with Crippen molar-refractivity contribution in [1.82, 2.24) is 19.6 Å². The molecular formula is C19H26N4O. The molecule has 0 bridgehead atoms. The number of carbonyl (C=O) groups is 1. The van der Waals surface area contributed by atoms with Gasteiger partial charge in [0.15, 0.2) is 0 Å². The second-order valence-corrected chi connectivity index (χ2v) is 7.70. The average molecular weight is 326 g/mol. The van der Waals surface area contributed by atoms with Crippen LogP contribution in [0.1, 0.15) is 33.3 Å². The van der Waals surface area contributed by atoms with Crippen molar-refractivity contribution in [3.8, 4) is 5.69 Å². The van der Waals surface area contributed by atoms with Crippen LogP contribution in [0, 0.1) is 5.41 Å². The van der Waals surface area contributed by atoms with Crippen molar-refractivity contribution in [2.75, 3.05) is 13.7 Å². The van der Waals surface area contributed by atoms with Gasteiger partial charge >= 0.3 is 0 Å². The number of hydrogen-bond donors (Lipinski definition) is 0. The van der Waals surface area contributed by atoms with E-state index in [1.165, 1.54) is 0 Å². The Hall–Kier alpha value is -2.14. The molecule has 1 aromatic heterocycles. The van der Waals surface area contributed by atoms with Gasteiger partial charge < -0.3 is 4.90 Å². The minimum absolute atomic E-state index is 0.118. The van der Waals surface area contributed by atoms with Crippen LogP contribution < -0.4 is 0 Å². The topological polar surface area (TPSA) is 41.4 Å². The second kappa shape index (κ2) is 5.74. The van der Waals surface area contributed by atoms with Crippen LogP contribution in [0.3, 0.4) is 0 Å². The molecule has 1 aromatic carbocycles. The summed E-state index contributed by atoms with van der Waals surface area (Å²) in [6, 6.07) is 10.1. The van der Waals surface area contributed by atoms with Crippen molar-refractivity contribution in [1.29, 1.82) is 0 Å². The summed E-state index contributed by atoms with van der Waals surface area (Å²) >= 11 is 0. The summed E-state index contributed by atoms with van der Waals surface area (Å²) in [7, 11) is 2.04. The van der Waals surface area contributed by atoms with Crippen molar-refractivity contribution < 1.29 is 4.79 Å². The standard InChI is InChI=1S/C19H26N4O/c1-18(2)17(24)22(19(18,3)4)14-21(5)12-15-11-20-23(13-15)16-9-7-6-8-10-16/h6-11,13H,12,14H2,1-5H3. The molecule has 0 atom stereocenters. The van der Waals surface area contributed by atoms with Crippen molar-refractivity contribution in [3.63, 3.8) is 0 Å². The first-order valence-electron chi connectivity index (χ1n) is 8.33. The maximum absolute atomic E-state index is 12.4. The number of amides is 1. The Bertz CT molecular complexity index is 733. The predicted octanol–water partition coefficient (Wildman–Crippen LogP) is 2.91. The molecule has 5 nitrogen and oxygen atoms in total. The summed E-state index contributed by atoms with van der Waals surface area (Å²) < 4.78 is 1.88. The van der Waals surface area contributed by atoms with E-state index < -0.39 is 0 Å². The Morgan fingerprint density at radius 3 is 2.42 bits per heavy atom. The van der Waals surface area contributed by atoms with Crippen molar-refractivity contribution in [2.45, 2.75) is 39.8 Å². The number of rotatable bonds is 5. The van der Waals surface area contributed by atoms with Crippen molar-refractivity contribution in [3.05, 3.63) is 48.3 Å². The molecule has 0 aliphatic carbocycles. The molecule has 1 aliphatic heterocycles. The van der Waals surface area contributed by atoms with E-state index >= 15 is 0 Å². The molecule has 128 valence electrons. The molecular weight excluding hydrogens is 300 g/mol. The smallest absolute Gasteiger partial charge is 0.232 e. The quantitative estimate of drug-likeness (QED) is 0.793. The van der Waals surface area contributed by atoms with Gasteiger partial charge in [-0.1, -0.05) is 18.2 Å². The monoisotopic (exact) mass is 326 g/mol. The van der Waals surface area contributed by atoms with Gasteiger partial charge in [-0.15, -0.1) is 0 Å². The first-order chi connectivity index (χ1) is 11.2. The van der Waals surface area contributed by atoms with Crippen LogP contribution in [0.15, 0.2) is 42.7 Å². The SMILES string of the molecule is CN(Cc1cnn(-c2ccccc2)c1)CN1C(=O)C(C)(C)C1(C)C. The van der Waals surface area contributed by atoms with Gasteiger partial charge in [-0.2, -0.15) is 5.10 Å². The third-order valence-electron chi connectivity index (χ3n) is 5.48. The molecule has 5 heteroatoms. The number of para-hydroxylation sites is 1. The zero-order valence-electron chi connectivity index (χ0n) is 15.2.